The molecule has 35 heavy (non-hydrogen) atoms. The Bertz CT molecular complexity index is 1680. The Hall–Kier alpha value is -4.36. The smallest absolute Gasteiger partial charge is 0.0422 e. The van der Waals surface area contributed by atoms with E-state index in [1.807, 2.05) is 0 Å². The Morgan fingerprint density at radius 2 is 1.09 bits per heavy atom. The van der Waals surface area contributed by atoms with Crippen LogP contribution in [-0.2, 0) is 6.54 Å². The first kappa shape index (κ1) is 20.1. The fourth-order valence-corrected chi connectivity index (χ4v) is 5.71. The van der Waals surface area contributed by atoms with E-state index in [0.29, 0.717) is 0 Å². The number of nitrogens with one attached hydrogen (secondary N) is 1. The third kappa shape index (κ3) is 3.16. The summed E-state index contributed by atoms with van der Waals surface area (Å²) < 4.78 is 0. The van der Waals surface area contributed by atoms with Gasteiger partial charge in [-0.15, -0.1) is 0 Å². The first-order chi connectivity index (χ1) is 17.3. The Labute approximate surface area is 205 Å². The minimum Gasteiger partial charge on any atom is -0.380 e. The standard InChI is InChI=1S/C34H25N/c1-22-27-8-2-4-11-30(27)34(31-12-5-3-9-28(22)31)24-16-14-23(15-17-24)25-18-19-26-21-35-33-13-7-6-10-29(33)32(26)20-25/h2-20,35H,21H2,1H3. The summed E-state index contributed by atoms with van der Waals surface area (Å²) in [6.07, 6.45) is 0. The Balaban J connectivity index is 1.36. The Morgan fingerprint density at radius 3 is 1.80 bits per heavy atom. The lowest BCUT2D eigenvalue weighted by Gasteiger charge is -2.22. The lowest BCUT2D eigenvalue weighted by Crippen LogP contribution is -2.08. The summed E-state index contributed by atoms with van der Waals surface area (Å²) in [5, 5.41) is 8.82. The summed E-state index contributed by atoms with van der Waals surface area (Å²) in [5.41, 5.74) is 11.6. The molecule has 0 bridgehead atoms. The third-order valence-corrected chi connectivity index (χ3v) is 7.50. The maximum absolute atomic E-state index is 3.54. The van der Waals surface area contributed by atoms with Gasteiger partial charge in [-0.3, -0.25) is 0 Å². The summed E-state index contributed by atoms with van der Waals surface area (Å²) in [6, 6.07) is 42.1. The molecule has 0 saturated heterocycles. The molecule has 7 rings (SSSR count). The fourth-order valence-electron chi connectivity index (χ4n) is 5.71. The van der Waals surface area contributed by atoms with Gasteiger partial charge in [-0.05, 0) is 79.5 Å². The van der Waals surface area contributed by atoms with Crippen LogP contribution in [0.15, 0.2) is 115 Å². The van der Waals surface area contributed by atoms with Crippen LogP contribution >= 0.6 is 0 Å². The van der Waals surface area contributed by atoms with Crippen LogP contribution in [0.1, 0.15) is 11.1 Å². The van der Waals surface area contributed by atoms with Gasteiger partial charge in [0, 0.05) is 17.8 Å². The van der Waals surface area contributed by atoms with Gasteiger partial charge < -0.3 is 5.32 Å². The largest absolute Gasteiger partial charge is 0.380 e. The first-order valence-electron chi connectivity index (χ1n) is 12.2. The number of hydrogen-bond acceptors (Lipinski definition) is 1. The van der Waals surface area contributed by atoms with Crippen molar-refractivity contribution in [1.82, 2.24) is 0 Å². The van der Waals surface area contributed by atoms with Gasteiger partial charge in [0.2, 0.25) is 0 Å². The summed E-state index contributed by atoms with van der Waals surface area (Å²) in [4.78, 5) is 0. The maximum Gasteiger partial charge on any atom is 0.0422 e. The van der Waals surface area contributed by atoms with Crippen LogP contribution in [0.25, 0.3) is 54.9 Å². The molecule has 0 amide bonds. The number of para-hydroxylation sites is 1. The molecular weight excluding hydrogens is 422 g/mol. The van der Waals surface area contributed by atoms with Crippen LogP contribution in [0, 0.1) is 6.92 Å². The predicted octanol–water partition coefficient (Wildman–Crippen LogP) is 9.23. The normalized spacial score (nSPS) is 12.3. The van der Waals surface area contributed by atoms with Gasteiger partial charge in [0.1, 0.15) is 0 Å². The Kier molecular flexibility index (Phi) is 4.50. The van der Waals surface area contributed by atoms with Crippen LogP contribution in [-0.4, -0.2) is 0 Å². The molecule has 1 heteroatoms. The number of benzene rings is 6. The molecule has 0 saturated carbocycles. The zero-order chi connectivity index (χ0) is 23.4. The summed E-state index contributed by atoms with van der Waals surface area (Å²) in [6.45, 7) is 3.11. The van der Waals surface area contributed by atoms with Crippen LogP contribution < -0.4 is 5.32 Å². The summed E-state index contributed by atoms with van der Waals surface area (Å²) in [5.74, 6) is 0. The van der Waals surface area contributed by atoms with E-state index in [1.165, 1.54) is 71.7 Å². The third-order valence-electron chi connectivity index (χ3n) is 7.50. The molecule has 6 aromatic rings. The van der Waals surface area contributed by atoms with Crippen LogP contribution in [0.5, 0.6) is 0 Å². The second-order valence-corrected chi connectivity index (χ2v) is 9.44. The van der Waals surface area contributed by atoms with E-state index in [-0.39, 0.29) is 0 Å². The molecule has 1 heterocycles. The lowest BCUT2D eigenvalue weighted by atomic mass is 9.88. The molecule has 6 aromatic carbocycles. The minimum atomic E-state index is 0.874. The first-order valence-corrected chi connectivity index (χ1v) is 12.2. The van der Waals surface area contributed by atoms with Gasteiger partial charge in [-0.2, -0.15) is 0 Å². The number of aryl methyl sites for hydroxylation is 1. The average Bonchev–Trinajstić information content (AvgIpc) is 2.93. The highest BCUT2D eigenvalue weighted by Gasteiger charge is 2.16. The molecule has 0 aliphatic carbocycles. The number of hydrogen-bond donors (Lipinski definition) is 1. The number of fused-ring (bicyclic) bond motifs is 5. The lowest BCUT2D eigenvalue weighted by molar-refractivity contribution is 1.13. The molecule has 0 radical (unpaired) electrons. The van der Waals surface area contributed by atoms with E-state index in [4.69, 9.17) is 0 Å². The minimum absolute atomic E-state index is 0.874. The van der Waals surface area contributed by atoms with Gasteiger partial charge in [0.25, 0.3) is 0 Å². The zero-order valence-electron chi connectivity index (χ0n) is 19.7. The summed E-state index contributed by atoms with van der Waals surface area (Å²) >= 11 is 0. The van der Waals surface area contributed by atoms with Gasteiger partial charge in [0.15, 0.2) is 0 Å². The molecule has 0 aromatic heterocycles. The molecule has 1 N–H and O–H groups in total. The van der Waals surface area contributed by atoms with Crippen molar-refractivity contribution in [2.75, 3.05) is 5.32 Å². The second-order valence-electron chi connectivity index (χ2n) is 9.44. The van der Waals surface area contributed by atoms with Crippen molar-refractivity contribution in [2.45, 2.75) is 13.5 Å². The molecule has 166 valence electrons. The molecule has 0 atom stereocenters. The van der Waals surface area contributed by atoms with Gasteiger partial charge in [-0.25, -0.2) is 0 Å². The molecule has 0 spiro atoms. The van der Waals surface area contributed by atoms with Crippen LogP contribution in [0.2, 0.25) is 0 Å². The van der Waals surface area contributed by atoms with E-state index >= 15 is 0 Å². The topological polar surface area (TPSA) is 12.0 Å². The predicted molar refractivity (Wildman–Crippen MR) is 150 cm³/mol. The van der Waals surface area contributed by atoms with Crippen molar-refractivity contribution >= 4 is 27.2 Å². The van der Waals surface area contributed by atoms with E-state index in [0.717, 1.165) is 6.54 Å². The zero-order valence-corrected chi connectivity index (χ0v) is 19.7. The van der Waals surface area contributed by atoms with Crippen molar-refractivity contribution in [2.24, 2.45) is 0 Å². The number of anilines is 1. The highest BCUT2D eigenvalue weighted by Crippen LogP contribution is 2.41. The van der Waals surface area contributed by atoms with E-state index in [9.17, 15) is 0 Å². The highest BCUT2D eigenvalue weighted by atomic mass is 14.9. The molecule has 1 nitrogen and oxygen atoms in total. The van der Waals surface area contributed by atoms with E-state index < -0.39 is 0 Å². The van der Waals surface area contributed by atoms with Gasteiger partial charge in [-0.1, -0.05) is 103 Å². The average molecular weight is 448 g/mol. The summed E-state index contributed by atoms with van der Waals surface area (Å²) in [7, 11) is 0. The second kappa shape index (κ2) is 7.85. The van der Waals surface area contributed by atoms with E-state index in [2.05, 4.69) is 128 Å². The maximum atomic E-state index is 3.54. The van der Waals surface area contributed by atoms with Gasteiger partial charge in [0.05, 0.1) is 0 Å². The van der Waals surface area contributed by atoms with Crippen LogP contribution in [0.4, 0.5) is 5.69 Å². The van der Waals surface area contributed by atoms with Crippen molar-refractivity contribution in [1.29, 1.82) is 0 Å². The fraction of sp³-hybridized carbons (Fsp3) is 0.0588. The molecule has 1 aliphatic heterocycles. The monoisotopic (exact) mass is 447 g/mol. The highest BCUT2D eigenvalue weighted by molar-refractivity contribution is 6.14. The van der Waals surface area contributed by atoms with Crippen molar-refractivity contribution in [3.05, 3.63) is 126 Å². The quantitative estimate of drug-likeness (QED) is 0.261. The molecule has 0 unspecified atom stereocenters. The molecule has 1 aliphatic rings. The Morgan fingerprint density at radius 1 is 0.514 bits per heavy atom. The van der Waals surface area contributed by atoms with Crippen molar-refractivity contribution in [3.8, 4) is 33.4 Å². The number of rotatable bonds is 2. The van der Waals surface area contributed by atoms with Crippen LogP contribution in [0.3, 0.4) is 0 Å². The van der Waals surface area contributed by atoms with Crippen molar-refractivity contribution in [3.63, 3.8) is 0 Å². The SMILES string of the molecule is Cc1c2ccccc2c(-c2ccc(-c3ccc4c(c3)-c3ccccc3NC4)cc2)c2ccccc12. The van der Waals surface area contributed by atoms with E-state index in [1.54, 1.807) is 0 Å². The molecule has 0 fully saturated rings. The van der Waals surface area contributed by atoms with Gasteiger partial charge >= 0.3 is 0 Å². The van der Waals surface area contributed by atoms with Crippen molar-refractivity contribution < 1.29 is 0 Å². The molecular formula is C34H25N.